The molecule has 0 aliphatic carbocycles. The molecule has 0 unspecified atom stereocenters. The fraction of sp³-hybridized carbons (Fsp3) is 0.550. The number of rotatable bonds is 7. The predicted octanol–water partition coefficient (Wildman–Crippen LogP) is 2.19. The maximum atomic E-state index is 13.0. The Labute approximate surface area is 160 Å². The summed E-state index contributed by atoms with van der Waals surface area (Å²) < 4.78 is 5.34. The zero-order chi connectivity index (χ0) is 20.4. The van der Waals surface area contributed by atoms with Crippen molar-refractivity contribution in [1.82, 2.24) is 15.1 Å². The van der Waals surface area contributed by atoms with E-state index in [0.717, 1.165) is 10.5 Å². The molecule has 7 nitrogen and oxygen atoms in total. The van der Waals surface area contributed by atoms with E-state index in [9.17, 15) is 14.4 Å². The van der Waals surface area contributed by atoms with Gasteiger partial charge in [0.15, 0.2) is 0 Å². The highest BCUT2D eigenvalue weighted by Gasteiger charge is 2.49. The largest absolute Gasteiger partial charge is 0.496 e. The Balaban J connectivity index is 2.19. The summed E-state index contributed by atoms with van der Waals surface area (Å²) in [5.41, 5.74) is -0.303. The van der Waals surface area contributed by atoms with Gasteiger partial charge in [-0.2, -0.15) is 0 Å². The third-order valence-corrected chi connectivity index (χ3v) is 4.78. The van der Waals surface area contributed by atoms with Crippen molar-refractivity contribution in [2.75, 3.05) is 13.7 Å². The molecule has 7 heteroatoms. The molecule has 1 N–H and O–H groups in total. The van der Waals surface area contributed by atoms with Gasteiger partial charge in [-0.15, -0.1) is 0 Å². The van der Waals surface area contributed by atoms with Gasteiger partial charge in [0.1, 0.15) is 17.8 Å². The van der Waals surface area contributed by atoms with Gasteiger partial charge in [0.25, 0.3) is 5.91 Å². The molecule has 0 saturated carbocycles. The SMILES string of the molecule is COc1ccccc1C[C@]1(C)NC(=O)N(CC(=O)N(C(C)C)C(C)C)C1=O. The maximum absolute atomic E-state index is 13.0. The van der Waals surface area contributed by atoms with Crippen molar-refractivity contribution >= 4 is 17.8 Å². The number of imide groups is 1. The van der Waals surface area contributed by atoms with E-state index in [2.05, 4.69) is 5.32 Å². The molecule has 1 atom stereocenters. The van der Waals surface area contributed by atoms with Gasteiger partial charge in [-0.3, -0.25) is 14.5 Å². The number of benzene rings is 1. The standard InChI is InChI=1S/C20H29N3O4/c1-13(2)23(14(3)4)17(24)12-22-18(25)20(5,21-19(22)26)11-15-9-7-8-10-16(15)27-6/h7-10,13-14H,11-12H2,1-6H3,(H,21,26)/t20-/m0/s1. The number of hydrogen-bond donors (Lipinski definition) is 1. The van der Waals surface area contributed by atoms with Gasteiger partial charge in [0, 0.05) is 18.5 Å². The van der Waals surface area contributed by atoms with Crippen LogP contribution in [0.25, 0.3) is 0 Å². The van der Waals surface area contributed by atoms with E-state index < -0.39 is 17.5 Å². The van der Waals surface area contributed by atoms with E-state index in [-0.39, 0.29) is 31.0 Å². The first kappa shape index (κ1) is 20.7. The highest BCUT2D eigenvalue weighted by Crippen LogP contribution is 2.27. The highest BCUT2D eigenvalue weighted by molar-refractivity contribution is 6.09. The number of amides is 4. The molecule has 0 bridgehead atoms. The number of nitrogens with zero attached hydrogens (tertiary/aromatic N) is 2. The van der Waals surface area contributed by atoms with Crippen molar-refractivity contribution in [3.05, 3.63) is 29.8 Å². The zero-order valence-electron chi connectivity index (χ0n) is 16.9. The number of methoxy groups -OCH3 is 1. The molecule has 0 aromatic heterocycles. The van der Waals surface area contributed by atoms with E-state index in [4.69, 9.17) is 4.74 Å². The summed E-state index contributed by atoms with van der Waals surface area (Å²) in [5, 5.41) is 2.74. The van der Waals surface area contributed by atoms with Crippen LogP contribution in [0.5, 0.6) is 5.75 Å². The van der Waals surface area contributed by atoms with E-state index in [1.54, 1.807) is 18.9 Å². The maximum Gasteiger partial charge on any atom is 0.325 e. The smallest absolute Gasteiger partial charge is 0.325 e. The minimum Gasteiger partial charge on any atom is -0.496 e. The van der Waals surface area contributed by atoms with Crippen LogP contribution in [0.2, 0.25) is 0 Å². The molecular weight excluding hydrogens is 346 g/mol. The number of hydrogen-bond acceptors (Lipinski definition) is 4. The quantitative estimate of drug-likeness (QED) is 0.741. The Morgan fingerprint density at radius 3 is 2.33 bits per heavy atom. The molecule has 2 rings (SSSR count). The first-order valence-electron chi connectivity index (χ1n) is 9.18. The van der Waals surface area contributed by atoms with Crippen molar-refractivity contribution in [3.63, 3.8) is 0 Å². The van der Waals surface area contributed by atoms with E-state index in [1.165, 1.54) is 0 Å². The summed E-state index contributed by atoms with van der Waals surface area (Å²) in [5.74, 6) is 0.00495. The normalized spacial score (nSPS) is 19.6. The number of urea groups is 1. The van der Waals surface area contributed by atoms with Crippen molar-refractivity contribution in [2.45, 2.75) is 58.7 Å². The van der Waals surface area contributed by atoms with Gasteiger partial charge < -0.3 is 15.0 Å². The Kier molecular flexibility index (Phi) is 6.13. The Bertz CT molecular complexity index is 724. The minimum absolute atomic E-state index is 0.0155. The van der Waals surface area contributed by atoms with Gasteiger partial charge >= 0.3 is 6.03 Å². The monoisotopic (exact) mass is 375 g/mol. The topological polar surface area (TPSA) is 79.0 Å². The number of para-hydroxylation sites is 1. The molecule has 0 spiro atoms. The summed E-state index contributed by atoms with van der Waals surface area (Å²) >= 11 is 0. The fourth-order valence-electron chi connectivity index (χ4n) is 3.63. The van der Waals surface area contributed by atoms with E-state index in [1.807, 2.05) is 52.0 Å². The lowest BCUT2D eigenvalue weighted by Gasteiger charge is -2.32. The average Bonchev–Trinajstić information content (AvgIpc) is 2.77. The second-order valence-electron chi connectivity index (χ2n) is 7.63. The summed E-state index contributed by atoms with van der Waals surface area (Å²) in [4.78, 5) is 40.8. The third kappa shape index (κ3) is 4.23. The average molecular weight is 375 g/mol. The van der Waals surface area contributed by atoms with Crippen LogP contribution >= 0.6 is 0 Å². The van der Waals surface area contributed by atoms with Crippen molar-refractivity contribution in [3.8, 4) is 5.75 Å². The minimum atomic E-state index is -1.12. The Morgan fingerprint density at radius 2 is 1.78 bits per heavy atom. The van der Waals surface area contributed by atoms with Gasteiger partial charge in [0.05, 0.1) is 7.11 Å². The van der Waals surface area contributed by atoms with Crippen molar-refractivity contribution in [2.24, 2.45) is 0 Å². The van der Waals surface area contributed by atoms with Crippen LogP contribution in [0, 0.1) is 0 Å². The van der Waals surface area contributed by atoms with Gasteiger partial charge in [-0.25, -0.2) is 4.79 Å². The molecule has 27 heavy (non-hydrogen) atoms. The lowest BCUT2D eigenvalue weighted by molar-refractivity contribution is -0.141. The number of nitrogens with one attached hydrogen (secondary N) is 1. The van der Waals surface area contributed by atoms with Crippen LogP contribution in [-0.2, 0) is 16.0 Å². The molecule has 1 aromatic rings. The number of carbonyl (C=O) groups is 3. The Morgan fingerprint density at radius 1 is 1.19 bits per heavy atom. The predicted molar refractivity (Wildman–Crippen MR) is 102 cm³/mol. The molecule has 148 valence electrons. The molecule has 1 aliphatic rings. The van der Waals surface area contributed by atoms with Crippen LogP contribution in [-0.4, -0.2) is 58.9 Å². The lowest BCUT2D eigenvalue weighted by Crippen LogP contribution is -2.49. The van der Waals surface area contributed by atoms with E-state index >= 15 is 0 Å². The molecule has 1 fully saturated rings. The van der Waals surface area contributed by atoms with Crippen LogP contribution in [0.4, 0.5) is 4.79 Å². The van der Waals surface area contributed by atoms with Crippen LogP contribution < -0.4 is 10.1 Å². The second kappa shape index (κ2) is 7.98. The van der Waals surface area contributed by atoms with Crippen molar-refractivity contribution in [1.29, 1.82) is 0 Å². The number of carbonyl (C=O) groups excluding carboxylic acids is 3. The molecule has 1 heterocycles. The molecule has 1 aliphatic heterocycles. The summed E-state index contributed by atoms with van der Waals surface area (Å²) in [6.45, 7) is 9.06. The van der Waals surface area contributed by atoms with E-state index in [0.29, 0.717) is 5.75 Å². The van der Waals surface area contributed by atoms with Crippen LogP contribution in [0.3, 0.4) is 0 Å². The van der Waals surface area contributed by atoms with Crippen LogP contribution in [0.15, 0.2) is 24.3 Å². The third-order valence-electron chi connectivity index (χ3n) is 4.78. The van der Waals surface area contributed by atoms with Gasteiger partial charge in [0.2, 0.25) is 5.91 Å². The summed E-state index contributed by atoms with van der Waals surface area (Å²) in [6.07, 6.45) is 0.282. The molecule has 1 saturated heterocycles. The summed E-state index contributed by atoms with van der Waals surface area (Å²) in [7, 11) is 1.56. The fourth-order valence-corrected chi connectivity index (χ4v) is 3.63. The zero-order valence-corrected chi connectivity index (χ0v) is 16.9. The molecular formula is C20H29N3O4. The number of ether oxygens (including phenoxy) is 1. The second-order valence-corrected chi connectivity index (χ2v) is 7.63. The van der Waals surface area contributed by atoms with Gasteiger partial charge in [-0.1, -0.05) is 18.2 Å². The first-order valence-corrected chi connectivity index (χ1v) is 9.18. The van der Waals surface area contributed by atoms with Gasteiger partial charge in [-0.05, 0) is 46.2 Å². The molecule has 0 radical (unpaired) electrons. The first-order chi connectivity index (χ1) is 12.6. The lowest BCUT2D eigenvalue weighted by atomic mass is 9.92. The highest BCUT2D eigenvalue weighted by atomic mass is 16.5. The Hall–Kier alpha value is -2.57. The van der Waals surface area contributed by atoms with Crippen LogP contribution in [0.1, 0.15) is 40.2 Å². The molecule has 4 amide bonds. The van der Waals surface area contributed by atoms with Crippen molar-refractivity contribution < 1.29 is 19.1 Å². The molecule has 1 aromatic carbocycles. The summed E-state index contributed by atoms with van der Waals surface area (Å²) in [6, 6.07) is 6.79.